The van der Waals surface area contributed by atoms with Crippen molar-refractivity contribution in [3.63, 3.8) is 0 Å². The van der Waals surface area contributed by atoms with Crippen LogP contribution in [0.5, 0.6) is 0 Å². The molecule has 10 heteroatoms. The molecule has 1 saturated heterocycles. The maximum absolute atomic E-state index is 11.9. The molecule has 0 aliphatic carbocycles. The minimum absolute atomic E-state index is 0.0180. The molecule has 0 bridgehead atoms. The second-order valence-electron chi connectivity index (χ2n) is 6.95. The highest BCUT2D eigenvalue weighted by Gasteiger charge is 2.25. The summed E-state index contributed by atoms with van der Waals surface area (Å²) < 4.78 is 5.34. The van der Waals surface area contributed by atoms with Gasteiger partial charge in [-0.2, -0.15) is 10.2 Å². The van der Waals surface area contributed by atoms with E-state index < -0.39 is 0 Å². The lowest BCUT2D eigenvalue weighted by Crippen LogP contribution is -2.48. The van der Waals surface area contributed by atoms with E-state index in [1.54, 1.807) is 35.2 Å². The van der Waals surface area contributed by atoms with Gasteiger partial charge < -0.3 is 19.3 Å². The fraction of sp³-hybridized carbons (Fsp3) is 0.263. The first kappa shape index (κ1) is 17.1. The van der Waals surface area contributed by atoms with Gasteiger partial charge in [0.25, 0.3) is 0 Å². The van der Waals surface area contributed by atoms with Gasteiger partial charge in [-0.1, -0.05) is 5.16 Å². The van der Waals surface area contributed by atoms with Crippen LogP contribution in [0.2, 0.25) is 0 Å². The second-order valence-corrected chi connectivity index (χ2v) is 6.95. The molecule has 3 aromatic heterocycles. The average molecular weight is 388 g/mol. The second kappa shape index (κ2) is 6.56. The predicted octanol–water partition coefficient (Wildman–Crippen LogP) is 1.23. The van der Waals surface area contributed by atoms with Gasteiger partial charge in [0.2, 0.25) is 5.91 Å². The number of nitrogens with zero attached hydrogens (tertiary/aromatic N) is 7. The van der Waals surface area contributed by atoms with Crippen molar-refractivity contribution in [2.75, 3.05) is 31.6 Å². The molecule has 5 rings (SSSR count). The van der Waals surface area contributed by atoms with Crippen LogP contribution < -0.4 is 4.90 Å². The number of carbonyl (C=O) groups is 1. The van der Waals surface area contributed by atoms with Gasteiger partial charge in [0.05, 0.1) is 40.8 Å². The van der Waals surface area contributed by atoms with Gasteiger partial charge in [0, 0.05) is 25.5 Å². The first-order valence-corrected chi connectivity index (χ1v) is 9.09. The average Bonchev–Trinajstić information content (AvgIpc) is 3.36. The Morgan fingerprint density at radius 1 is 1.31 bits per heavy atom. The summed E-state index contributed by atoms with van der Waals surface area (Å²) in [6.45, 7) is 1.49. The number of pyridine rings is 1. The number of aromatic amines is 1. The van der Waals surface area contributed by atoms with E-state index in [0.29, 0.717) is 42.7 Å². The van der Waals surface area contributed by atoms with Crippen molar-refractivity contribution in [1.82, 2.24) is 30.0 Å². The molecule has 1 fully saturated rings. The van der Waals surface area contributed by atoms with E-state index in [4.69, 9.17) is 9.78 Å². The third kappa shape index (κ3) is 3.02. The molecular formula is C19H16N8O2. The maximum atomic E-state index is 11.9. The molecule has 4 aromatic rings. The highest BCUT2D eigenvalue weighted by atomic mass is 16.5. The van der Waals surface area contributed by atoms with Crippen molar-refractivity contribution in [2.45, 2.75) is 6.42 Å². The molecule has 29 heavy (non-hydrogen) atoms. The van der Waals surface area contributed by atoms with Crippen LogP contribution in [0.15, 0.2) is 28.9 Å². The van der Waals surface area contributed by atoms with E-state index in [0.717, 1.165) is 21.9 Å². The van der Waals surface area contributed by atoms with E-state index in [2.05, 4.69) is 31.2 Å². The van der Waals surface area contributed by atoms with Gasteiger partial charge >= 0.3 is 6.01 Å². The van der Waals surface area contributed by atoms with Crippen molar-refractivity contribution in [3.05, 3.63) is 41.6 Å². The highest BCUT2D eigenvalue weighted by molar-refractivity contribution is 6.02. The summed E-state index contributed by atoms with van der Waals surface area (Å²) in [4.78, 5) is 32.0. The molecule has 144 valence electrons. The zero-order chi connectivity index (χ0) is 20.0. The number of hydrogen-bond donors (Lipinski definition) is 1. The van der Waals surface area contributed by atoms with Gasteiger partial charge in [0.1, 0.15) is 12.4 Å². The normalized spacial score (nSPS) is 14.7. The number of nitriles is 1. The van der Waals surface area contributed by atoms with Gasteiger partial charge in [-0.25, -0.2) is 4.98 Å². The molecule has 1 aliphatic rings. The highest BCUT2D eigenvalue weighted by Crippen LogP contribution is 2.23. The first-order valence-electron chi connectivity index (χ1n) is 9.09. The first-order chi connectivity index (χ1) is 14.1. The number of fused-ring (bicyclic) bond motifs is 3. The minimum atomic E-state index is 0.0180. The molecule has 0 saturated carbocycles. The van der Waals surface area contributed by atoms with Crippen molar-refractivity contribution in [1.29, 1.82) is 5.26 Å². The lowest BCUT2D eigenvalue weighted by molar-refractivity contribution is -0.129. The standard InChI is InChI=1S/C19H16N8O2/c1-26-4-5-27(10-17(26)28)19-24-16(25-29-19)7-15-22-14-9-21-13-3-2-11(8-20)6-12(13)18(14)23-15/h2-3,6,9H,4-5,7,10H2,1H3,(H,22,23). The predicted molar refractivity (Wildman–Crippen MR) is 103 cm³/mol. The maximum Gasteiger partial charge on any atom is 0.324 e. The number of nitrogens with one attached hydrogen (secondary N) is 1. The zero-order valence-electron chi connectivity index (χ0n) is 15.6. The van der Waals surface area contributed by atoms with Crippen LogP contribution in [0, 0.1) is 11.3 Å². The van der Waals surface area contributed by atoms with Crippen LogP contribution in [-0.4, -0.2) is 62.6 Å². The lowest BCUT2D eigenvalue weighted by atomic mass is 10.1. The molecule has 0 unspecified atom stereocenters. The number of piperazine rings is 1. The van der Waals surface area contributed by atoms with Crippen LogP contribution in [0.3, 0.4) is 0 Å². The zero-order valence-corrected chi connectivity index (χ0v) is 15.6. The number of benzene rings is 1. The molecule has 1 aliphatic heterocycles. The van der Waals surface area contributed by atoms with Gasteiger partial charge in [-0.05, 0) is 18.2 Å². The van der Waals surface area contributed by atoms with Gasteiger partial charge in [-0.3, -0.25) is 9.78 Å². The number of hydrogen-bond acceptors (Lipinski definition) is 8. The van der Waals surface area contributed by atoms with Crippen molar-refractivity contribution in [3.8, 4) is 6.07 Å². The largest absolute Gasteiger partial charge is 0.342 e. The molecule has 1 aromatic carbocycles. The number of carbonyl (C=O) groups excluding carboxylic acids is 1. The van der Waals surface area contributed by atoms with Crippen LogP contribution >= 0.6 is 0 Å². The quantitative estimate of drug-likeness (QED) is 0.555. The Balaban J connectivity index is 1.42. The molecule has 1 amide bonds. The van der Waals surface area contributed by atoms with Crippen molar-refractivity contribution in [2.24, 2.45) is 0 Å². The Kier molecular flexibility index (Phi) is 3.87. The molecule has 0 radical (unpaired) electrons. The Morgan fingerprint density at radius 2 is 2.21 bits per heavy atom. The Hall–Kier alpha value is -4.00. The molecular weight excluding hydrogens is 372 g/mol. The fourth-order valence-corrected chi connectivity index (χ4v) is 3.38. The third-order valence-corrected chi connectivity index (χ3v) is 5.00. The number of amides is 1. The fourth-order valence-electron chi connectivity index (χ4n) is 3.38. The number of anilines is 1. The van der Waals surface area contributed by atoms with Gasteiger partial charge in [0.15, 0.2) is 5.82 Å². The van der Waals surface area contributed by atoms with Crippen LogP contribution in [-0.2, 0) is 11.2 Å². The minimum Gasteiger partial charge on any atom is -0.342 e. The van der Waals surface area contributed by atoms with Crippen LogP contribution in [0.4, 0.5) is 6.01 Å². The SMILES string of the molecule is CN1CCN(c2nc(Cc3nc4c(cnc5ccc(C#N)cc54)[nH]3)no2)CC1=O. The van der Waals surface area contributed by atoms with Crippen LogP contribution in [0.1, 0.15) is 17.2 Å². The van der Waals surface area contributed by atoms with E-state index in [1.165, 1.54) is 0 Å². The summed E-state index contributed by atoms with van der Waals surface area (Å²) >= 11 is 0. The molecule has 1 N–H and O–H groups in total. The van der Waals surface area contributed by atoms with Crippen LogP contribution in [0.25, 0.3) is 21.9 Å². The Morgan fingerprint density at radius 3 is 3.03 bits per heavy atom. The van der Waals surface area contributed by atoms with Crippen molar-refractivity contribution < 1.29 is 9.32 Å². The summed E-state index contributed by atoms with van der Waals surface area (Å²) in [5, 5.41) is 14.0. The van der Waals surface area contributed by atoms with Gasteiger partial charge in [-0.15, -0.1) is 0 Å². The molecule has 0 spiro atoms. The Bertz CT molecular complexity index is 1280. The molecule has 4 heterocycles. The van der Waals surface area contributed by atoms with E-state index in [1.807, 2.05) is 6.07 Å². The van der Waals surface area contributed by atoms with E-state index >= 15 is 0 Å². The topological polar surface area (TPSA) is 128 Å². The van der Waals surface area contributed by atoms with E-state index in [9.17, 15) is 4.79 Å². The number of aromatic nitrogens is 5. The Labute approximate surface area is 164 Å². The lowest BCUT2D eigenvalue weighted by Gasteiger charge is -2.30. The molecule has 10 nitrogen and oxygen atoms in total. The number of rotatable bonds is 3. The number of imidazole rings is 1. The number of H-pyrrole nitrogens is 1. The summed E-state index contributed by atoms with van der Waals surface area (Å²) in [5.74, 6) is 1.16. The summed E-state index contributed by atoms with van der Waals surface area (Å²) in [6.07, 6.45) is 2.07. The van der Waals surface area contributed by atoms with E-state index in [-0.39, 0.29) is 12.5 Å². The van der Waals surface area contributed by atoms with Crippen molar-refractivity contribution >= 4 is 33.9 Å². The number of likely N-dealkylation sites (N-methyl/N-ethyl adjacent to an activating group) is 1. The third-order valence-electron chi connectivity index (χ3n) is 5.00. The summed E-state index contributed by atoms with van der Waals surface area (Å²) in [5.41, 5.74) is 2.85. The smallest absolute Gasteiger partial charge is 0.324 e. The molecule has 0 atom stereocenters. The summed E-state index contributed by atoms with van der Waals surface area (Å²) in [7, 11) is 1.78. The monoisotopic (exact) mass is 388 g/mol. The summed E-state index contributed by atoms with van der Waals surface area (Å²) in [6, 6.07) is 7.81.